The molecule has 10 aromatic rings. The Kier molecular flexibility index (Phi) is 11.6. The maximum atomic E-state index is 13.2. The van der Waals surface area contributed by atoms with Crippen LogP contribution in [0.5, 0.6) is 0 Å². The zero-order chi connectivity index (χ0) is 45.4. The van der Waals surface area contributed by atoms with Crippen molar-refractivity contribution in [1.82, 2.24) is 77.3 Å². The van der Waals surface area contributed by atoms with Gasteiger partial charge in [-0.25, -0.2) is 19.9 Å². The van der Waals surface area contributed by atoms with E-state index in [1.807, 2.05) is 64.5 Å². The molecule has 0 saturated heterocycles. The van der Waals surface area contributed by atoms with Gasteiger partial charge in [-0.1, -0.05) is 11.6 Å². The summed E-state index contributed by atoms with van der Waals surface area (Å²) >= 11 is 5.93. The molecule has 2 aromatic carbocycles. The number of benzene rings is 2. The van der Waals surface area contributed by atoms with Gasteiger partial charge in [0.15, 0.2) is 0 Å². The molecule has 330 valence electrons. The largest absolute Gasteiger partial charge is 0.294 e. The SMILES string of the molecule is C[C@H](Cn1cccn1)n1cnc2cc3c(=O)n([C@H](C)Cn4cc(Cl)cn4)cnc3cc2c1=O.C[C@H](Cn1cccn1)n1cnc2cc3c(=O)n([C@H](C)Cn4cccn4)cnc3cc2c1=O. The van der Waals surface area contributed by atoms with Crippen LogP contribution in [0, 0.1) is 0 Å². The minimum absolute atomic E-state index is 0.140. The van der Waals surface area contributed by atoms with Crippen molar-refractivity contribution in [3.8, 4) is 0 Å². The molecule has 0 unspecified atom stereocenters. The molecule has 4 atom stereocenters. The molecule has 8 aromatic heterocycles. The minimum atomic E-state index is -0.204. The van der Waals surface area contributed by atoms with E-state index in [0.717, 1.165) is 0 Å². The van der Waals surface area contributed by atoms with Gasteiger partial charge in [0.1, 0.15) is 0 Å². The Bertz CT molecular complexity index is 3420. The molecule has 65 heavy (non-hydrogen) atoms. The summed E-state index contributed by atoms with van der Waals surface area (Å²) in [5.41, 5.74) is 1.13. The summed E-state index contributed by atoms with van der Waals surface area (Å²) in [4.78, 5) is 70.5. The van der Waals surface area contributed by atoms with Gasteiger partial charge >= 0.3 is 0 Å². The molecule has 21 heteroatoms. The molecule has 10 rings (SSSR count). The molecule has 0 amide bonds. The maximum absolute atomic E-state index is 13.2. The van der Waals surface area contributed by atoms with Gasteiger partial charge in [0.25, 0.3) is 22.2 Å². The van der Waals surface area contributed by atoms with Crippen LogP contribution in [0.1, 0.15) is 51.9 Å². The van der Waals surface area contributed by atoms with Crippen LogP contribution in [0.15, 0.2) is 137 Å². The van der Waals surface area contributed by atoms with Gasteiger partial charge in [-0.15, -0.1) is 0 Å². The molecule has 0 bridgehead atoms. The van der Waals surface area contributed by atoms with Crippen molar-refractivity contribution in [2.24, 2.45) is 0 Å². The van der Waals surface area contributed by atoms with Crippen molar-refractivity contribution in [3.05, 3.63) is 164 Å². The Morgan fingerprint density at radius 3 is 0.985 bits per heavy atom. The van der Waals surface area contributed by atoms with Crippen molar-refractivity contribution in [2.75, 3.05) is 0 Å². The van der Waals surface area contributed by atoms with Crippen molar-refractivity contribution >= 4 is 55.2 Å². The maximum Gasteiger partial charge on any atom is 0.261 e. The third-order valence-corrected chi connectivity index (χ3v) is 11.6. The zero-order valence-electron chi connectivity index (χ0n) is 35.8. The zero-order valence-corrected chi connectivity index (χ0v) is 36.5. The van der Waals surface area contributed by atoms with E-state index in [1.165, 1.54) is 25.3 Å². The number of fused-ring (bicyclic) bond motifs is 4. The van der Waals surface area contributed by atoms with Crippen molar-refractivity contribution < 1.29 is 0 Å². The molecule has 0 N–H and O–H groups in total. The van der Waals surface area contributed by atoms with Crippen LogP contribution in [-0.4, -0.2) is 77.3 Å². The lowest BCUT2D eigenvalue weighted by atomic mass is 10.1. The van der Waals surface area contributed by atoms with Crippen LogP contribution >= 0.6 is 11.6 Å². The molecule has 0 saturated carbocycles. The second-order valence-corrected chi connectivity index (χ2v) is 16.5. The Hall–Kier alpha value is -7.87. The summed E-state index contributed by atoms with van der Waals surface area (Å²) in [6, 6.07) is 11.5. The topological polar surface area (TPSA) is 211 Å². The lowest BCUT2D eigenvalue weighted by molar-refractivity contribution is 0.425. The number of nitrogens with zero attached hydrogens (tertiary/aromatic N) is 16. The molecular weight excluding hydrogens is 852 g/mol. The predicted octanol–water partition coefficient (Wildman–Crippen LogP) is 4.70. The van der Waals surface area contributed by atoms with Gasteiger partial charge in [-0.2, -0.15) is 20.4 Å². The summed E-state index contributed by atoms with van der Waals surface area (Å²) in [6.07, 6.45) is 20.0. The highest BCUT2D eigenvalue weighted by Crippen LogP contribution is 2.20. The Balaban J connectivity index is 0.000000164. The number of rotatable bonds is 12. The molecule has 0 aliphatic carbocycles. The summed E-state index contributed by atoms with van der Waals surface area (Å²) in [6.45, 7) is 9.81. The van der Waals surface area contributed by atoms with Crippen LogP contribution in [0.3, 0.4) is 0 Å². The summed E-state index contributed by atoms with van der Waals surface area (Å²) in [5.74, 6) is 0. The number of hydrogen-bond acceptors (Lipinski definition) is 12. The minimum Gasteiger partial charge on any atom is -0.294 e. The first kappa shape index (κ1) is 42.4. The molecule has 20 nitrogen and oxygen atoms in total. The third-order valence-electron chi connectivity index (χ3n) is 11.4. The third kappa shape index (κ3) is 8.62. The summed E-state index contributed by atoms with van der Waals surface area (Å²) in [5, 5.41) is 19.0. The number of hydrogen-bond donors (Lipinski definition) is 0. The van der Waals surface area contributed by atoms with Crippen molar-refractivity contribution in [2.45, 2.75) is 78.0 Å². The summed E-state index contributed by atoms with van der Waals surface area (Å²) in [7, 11) is 0. The van der Waals surface area contributed by atoms with E-state index in [9.17, 15) is 19.2 Å². The van der Waals surface area contributed by atoms with E-state index >= 15 is 0 Å². The molecule has 0 radical (unpaired) electrons. The highest BCUT2D eigenvalue weighted by Gasteiger charge is 2.18. The highest BCUT2D eigenvalue weighted by molar-refractivity contribution is 6.30. The van der Waals surface area contributed by atoms with Crippen molar-refractivity contribution in [3.63, 3.8) is 0 Å². The molecule has 0 aliphatic rings. The number of halogens is 1. The molecule has 0 fully saturated rings. The Morgan fingerprint density at radius 1 is 0.446 bits per heavy atom. The predicted molar refractivity (Wildman–Crippen MR) is 244 cm³/mol. The lowest BCUT2D eigenvalue weighted by Gasteiger charge is -2.16. The summed E-state index contributed by atoms with van der Waals surface area (Å²) < 4.78 is 13.3. The first-order chi connectivity index (χ1) is 31.4. The van der Waals surface area contributed by atoms with Crippen LogP contribution in [0.2, 0.25) is 5.02 Å². The van der Waals surface area contributed by atoms with Crippen LogP contribution in [-0.2, 0) is 26.2 Å². The van der Waals surface area contributed by atoms with E-state index in [-0.39, 0.29) is 46.4 Å². The number of aromatic nitrogens is 16. The van der Waals surface area contributed by atoms with Crippen molar-refractivity contribution in [1.29, 1.82) is 0 Å². The normalized spacial score (nSPS) is 13.6. The fourth-order valence-electron chi connectivity index (χ4n) is 7.88. The lowest BCUT2D eigenvalue weighted by Crippen LogP contribution is -2.28. The molecule has 0 aliphatic heterocycles. The first-order valence-electron chi connectivity index (χ1n) is 20.9. The highest BCUT2D eigenvalue weighted by atomic mass is 35.5. The van der Waals surface area contributed by atoms with Gasteiger partial charge < -0.3 is 0 Å². The second-order valence-electron chi connectivity index (χ2n) is 16.1. The average Bonchev–Trinajstić information content (AvgIpc) is 4.15. The van der Waals surface area contributed by atoms with E-state index in [1.54, 1.807) is 92.2 Å². The van der Waals surface area contributed by atoms with E-state index < -0.39 is 0 Å². The second kappa shape index (κ2) is 17.7. The molecule has 8 heterocycles. The standard InChI is InChI=1S/C22H21ClN8O2.C22H22N8O2/c1-14(9-28-5-3-4-26-28)30-12-24-19-7-18-20(6-17(19)21(30)32)25-13-31(22(18)33)15(2)10-29-11-16(23)8-27-29;1-15(11-27-7-3-5-25-27)29-13-23-19-10-18-20(9-17(19)21(29)31)24-14-30(22(18)32)16(2)12-28-8-4-6-26-28/h3-8,11-15H,9-10H2,1-2H3;3-10,13-16H,11-12H2,1-2H3/t14-,15-;15-,16-/m11/s1. The van der Waals surface area contributed by atoms with Gasteiger partial charge in [0, 0.05) is 43.4 Å². The fraction of sp³-hybridized carbons (Fsp3) is 0.273. The van der Waals surface area contributed by atoms with E-state index in [2.05, 4.69) is 40.3 Å². The van der Waals surface area contributed by atoms with Crippen LogP contribution in [0.4, 0.5) is 0 Å². The van der Waals surface area contributed by atoms with Gasteiger partial charge in [-0.3, -0.25) is 56.2 Å². The Morgan fingerprint density at radius 2 is 0.738 bits per heavy atom. The van der Waals surface area contributed by atoms with E-state index in [0.29, 0.717) is 74.8 Å². The van der Waals surface area contributed by atoms with Gasteiger partial charge in [0.2, 0.25) is 0 Å². The average molecular weight is 895 g/mol. The van der Waals surface area contributed by atoms with Gasteiger partial charge in [-0.05, 0) is 70.2 Å². The van der Waals surface area contributed by atoms with E-state index in [4.69, 9.17) is 11.6 Å². The first-order valence-corrected chi connectivity index (χ1v) is 21.2. The van der Waals surface area contributed by atoms with Gasteiger partial charge in [0.05, 0.1) is 130 Å². The Labute approximate surface area is 373 Å². The van der Waals surface area contributed by atoms with Crippen LogP contribution < -0.4 is 22.2 Å². The molecule has 0 spiro atoms. The quantitative estimate of drug-likeness (QED) is 0.153. The van der Waals surface area contributed by atoms with Crippen LogP contribution in [0.25, 0.3) is 43.6 Å². The monoisotopic (exact) mass is 894 g/mol. The fourth-order valence-corrected chi connectivity index (χ4v) is 8.04. The molecular formula is C44H43ClN16O4. The smallest absolute Gasteiger partial charge is 0.261 e.